The van der Waals surface area contributed by atoms with Crippen molar-refractivity contribution in [3.63, 3.8) is 0 Å². The molecule has 4 fully saturated rings. The number of aliphatic carboxylic acids is 1. The third-order valence-electron chi connectivity index (χ3n) is 12.3. The quantitative estimate of drug-likeness (QED) is 0.204. The van der Waals surface area contributed by atoms with E-state index in [0.717, 1.165) is 42.4 Å². The molecule has 0 radical (unpaired) electrons. The molecule has 8 heteroatoms. The third kappa shape index (κ3) is 4.77. The molecule has 1 aromatic carbocycles. The largest absolute Gasteiger partial charge is 0.497 e. The predicted octanol–water partition coefficient (Wildman–Crippen LogP) is 6.23. The molecule has 246 valence electrons. The molecular weight excluding hydrogens is 572 g/mol. The highest BCUT2D eigenvalue weighted by atomic mass is 16.7. The van der Waals surface area contributed by atoms with Crippen molar-refractivity contribution < 1.29 is 38.4 Å². The maximum Gasteiger partial charge on any atom is 0.315 e. The highest BCUT2D eigenvalue weighted by molar-refractivity contribution is 5.90. The van der Waals surface area contributed by atoms with Crippen molar-refractivity contribution in [3.05, 3.63) is 54.1 Å². The SMILES string of the molecule is C=CCO[C@H]1C[C@H](OCC23CC4C(C)CCC4C4(C=O)CC2C=C(C(C)C)C43C(=O)O)O[C@H](C)[C@H]1OCc1ccc(OC)cc1. The minimum absolute atomic E-state index is 0.0201. The second-order valence-electron chi connectivity index (χ2n) is 14.6. The zero-order valence-corrected chi connectivity index (χ0v) is 27.4. The van der Waals surface area contributed by atoms with Crippen molar-refractivity contribution in [2.75, 3.05) is 20.3 Å². The van der Waals surface area contributed by atoms with Gasteiger partial charge in [0.2, 0.25) is 0 Å². The van der Waals surface area contributed by atoms with Gasteiger partial charge in [0.05, 0.1) is 44.6 Å². The van der Waals surface area contributed by atoms with Crippen LogP contribution in [0.2, 0.25) is 0 Å². The standard InChI is InChI=1S/C37H50O8/c1-7-14-42-31-16-32(45-24(5)33(31)43-19-25-9-11-27(41-6)12-10-25)44-21-36-18-28-23(4)8-13-29(28)35(20-38)17-26(36)15-30(22(2)3)37(35,36)34(39)40/h7,9-12,15,20,22-24,26,28-29,31-33H,1,8,13-14,16-19,21H2,2-6H3,(H,39,40)/t23?,24-,26?,28?,29?,31+,32-,33-,35?,36?,37?/m1/s1. The summed E-state index contributed by atoms with van der Waals surface area (Å²) in [6.45, 7) is 13.2. The van der Waals surface area contributed by atoms with E-state index < -0.39 is 28.5 Å². The second-order valence-corrected chi connectivity index (χ2v) is 14.6. The molecule has 1 saturated heterocycles. The van der Waals surface area contributed by atoms with Crippen LogP contribution in [0.15, 0.2) is 48.6 Å². The number of fused-ring (bicyclic) bond motifs is 2. The van der Waals surface area contributed by atoms with Gasteiger partial charge >= 0.3 is 5.97 Å². The molecule has 7 unspecified atom stereocenters. The van der Waals surface area contributed by atoms with Crippen molar-refractivity contribution in [2.24, 2.45) is 45.8 Å². The summed E-state index contributed by atoms with van der Waals surface area (Å²) in [4.78, 5) is 27.1. The Morgan fingerprint density at radius 3 is 2.53 bits per heavy atom. The van der Waals surface area contributed by atoms with Crippen LogP contribution in [0, 0.1) is 45.8 Å². The van der Waals surface area contributed by atoms with Gasteiger partial charge < -0.3 is 33.6 Å². The fourth-order valence-corrected chi connectivity index (χ4v) is 10.5. The summed E-state index contributed by atoms with van der Waals surface area (Å²) in [5, 5.41) is 11.3. The first kappa shape index (κ1) is 32.4. The molecule has 1 aliphatic heterocycles. The number of carboxylic acid groups (broad SMARTS) is 1. The van der Waals surface area contributed by atoms with Gasteiger partial charge in [-0.3, -0.25) is 4.79 Å². The highest BCUT2D eigenvalue weighted by Gasteiger charge is 2.84. The number of methoxy groups -OCH3 is 1. The number of rotatable bonds is 13. The van der Waals surface area contributed by atoms with E-state index >= 15 is 0 Å². The Balaban J connectivity index is 1.25. The Kier molecular flexibility index (Phi) is 8.83. The maximum absolute atomic E-state index is 13.8. The zero-order valence-electron chi connectivity index (χ0n) is 27.4. The van der Waals surface area contributed by atoms with Gasteiger partial charge in [-0.25, -0.2) is 0 Å². The lowest BCUT2D eigenvalue weighted by molar-refractivity contribution is -0.276. The summed E-state index contributed by atoms with van der Waals surface area (Å²) in [7, 11) is 1.64. The molecule has 3 saturated carbocycles. The van der Waals surface area contributed by atoms with Gasteiger partial charge in [0.25, 0.3) is 0 Å². The summed E-state index contributed by atoms with van der Waals surface area (Å²) < 4.78 is 31.0. The fraction of sp³-hybridized carbons (Fsp3) is 0.676. The third-order valence-corrected chi connectivity index (χ3v) is 12.3. The molecule has 0 aromatic heterocycles. The molecular formula is C37H50O8. The minimum Gasteiger partial charge on any atom is -0.497 e. The van der Waals surface area contributed by atoms with Crippen LogP contribution in [0.5, 0.6) is 5.75 Å². The average molecular weight is 623 g/mol. The van der Waals surface area contributed by atoms with Gasteiger partial charge in [0.1, 0.15) is 23.6 Å². The van der Waals surface area contributed by atoms with Crippen LogP contribution < -0.4 is 4.74 Å². The molecule has 1 aromatic rings. The number of hydrogen-bond acceptors (Lipinski definition) is 7. The van der Waals surface area contributed by atoms with Crippen LogP contribution in [0.25, 0.3) is 0 Å². The van der Waals surface area contributed by atoms with E-state index in [9.17, 15) is 14.7 Å². The van der Waals surface area contributed by atoms with E-state index in [2.05, 4.69) is 33.4 Å². The van der Waals surface area contributed by atoms with Crippen molar-refractivity contribution in [3.8, 4) is 5.75 Å². The molecule has 1 N–H and O–H groups in total. The van der Waals surface area contributed by atoms with Crippen molar-refractivity contribution in [1.29, 1.82) is 0 Å². The van der Waals surface area contributed by atoms with Gasteiger partial charge in [0.15, 0.2) is 6.29 Å². The van der Waals surface area contributed by atoms with Gasteiger partial charge in [0, 0.05) is 11.8 Å². The summed E-state index contributed by atoms with van der Waals surface area (Å²) in [5.74, 6) is 0.765. The van der Waals surface area contributed by atoms with E-state index in [1.165, 1.54) is 0 Å². The van der Waals surface area contributed by atoms with Crippen LogP contribution >= 0.6 is 0 Å². The lowest BCUT2D eigenvalue weighted by Gasteiger charge is -2.58. The van der Waals surface area contributed by atoms with E-state index in [0.29, 0.717) is 37.9 Å². The normalized spacial score (nSPS) is 41.5. The number of hydrogen-bond donors (Lipinski definition) is 1. The fourth-order valence-electron chi connectivity index (χ4n) is 10.5. The molecule has 11 atom stereocenters. The zero-order chi connectivity index (χ0) is 32.1. The van der Waals surface area contributed by atoms with Crippen molar-refractivity contribution >= 4 is 12.3 Å². The van der Waals surface area contributed by atoms with Crippen LogP contribution in [0.1, 0.15) is 65.4 Å². The van der Waals surface area contributed by atoms with Crippen molar-refractivity contribution in [2.45, 2.75) is 91.0 Å². The summed E-state index contributed by atoms with van der Waals surface area (Å²) >= 11 is 0. The van der Waals surface area contributed by atoms with E-state index in [-0.39, 0.29) is 42.7 Å². The molecule has 1 heterocycles. The van der Waals surface area contributed by atoms with E-state index in [1.54, 1.807) is 13.2 Å². The first-order valence-corrected chi connectivity index (χ1v) is 16.7. The summed E-state index contributed by atoms with van der Waals surface area (Å²) in [6, 6.07) is 7.77. The smallest absolute Gasteiger partial charge is 0.315 e. The number of allylic oxidation sites excluding steroid dienone is 1. The monoisotopic (exact) mass is 622 g/mol. The molecule has 0 spiro atoms. The highest BCUT2D eigenvalue weighted by Crippen LogP contribution is 2.82. The number of carbonyl (C=O) groups is 2. The van der Waals surface area contributed by atoms with Crippen LogP contribution in [0.3, 0.4) is 0 Å². The average Bonchev–Trinajstić information content (AvgIpc) is 3.60. The minimum atomic E-state index is -1.27. The first-order valence-electron chi connectivity index (χ1n) is 16.7. The van der Waals surface area contributed by atoms with Crippen LogP contribution in [0.4, 0.5) is 0 Å². The van der Waals surface area contributed by atoms with Gasteiger partial charge in [-0.1, -0.05) is 57.0 Å². The number of ether oxygens (including phenoxy) is 5. The topological polar surface area (TPSA) is 101 Å². The molecule has 5 aliphatic rings. The van der Waals surface area contributed by atoms with Gasteiger partial charge in [-0.2, -0.15) is 0 Å². The molecule has 0 amide bonds. The Labute approximate surface area is 267 Å². The maximum atomic E-state index is 13.8. The Hall–Kier alpha value is -2.52. The number of carboxylic acids is 1. The second kappa shape index (κ2) is 12.3. The molecule has 4 aliphatic carbocycles. The molecule has 45 heavy (non-hydrogen) atoms. The lowest BCUT2D eigenvalue weighted by Crippen LogP contribution is -2.64. The van der Waals surface area contributed by atoms with Crippen LogP contribution in [-0.2, 0) is 35.1 Å². The van der Waals surface area contributed by atoms with Gasteiger partial charge in [-0.15, -0.1) is 6.58 Å². The van der Waals surface area contributed by atoms with E-state index in [4.69, 9.17) is 23.7 Å². The van der Waals surface area contributed by atoms with Crippen LogP contribution in [-0.4, -0.2) is 62.3 Å². The number of benzene rings is 1. The Morgan fingerprint density at radius 1 is 1.13 bits per heavy atom. The molecule has 6 rings (SSSR count). The number of aldehydes is 1. The molecule has 8 nitrogen and oxygen atoms in total. The Morgan fingerprint density at radius 2 is 1.89 bits per heavy atom. The predicted molar refractivity (Wildman–Crippen MR) is 168 cm³/mol. The van der Waals surface area contributed by atoms with Gasteiger partial charge in [-0.05, 0) is 73.5 Å². The summed E-state index contributed by atoms with van der Waals surface area (Å²) in [6.07, 6.45) is 7.17. The summed E-state index contributed by atoms with van der Waals surface area (Å²) in [5.41, 5.74) is -0.953. The van der Waals surface area contributed by atoms with E-state index in [1.807, 2.05) is 31.2 Å². The lowest BCUT2D eigenvalue weighted by atomic mass is 9.43. The first-order chi connectivity index (χ1) is 21.6. The van der Waals surface area contributed by atoms with Crippen molar-refractivity contribution in [1.82, 2.24) is 0 Å². The number of carbonyl (C=O) groups excluding carboxylic acids is 1. The molecule has 4 bridgehead atoms. The Bertz CT molecular complexity index is 1310.